The topological polar surface area (TPSA) is 137 Å². The molecule has 0 aromatic heterocycles. The molecule has 1 aromatic carbocycles. The van der Waals surface area contributed by atoms with Gasteiger partial charge in [0.15, 0.2) is 12.4 Å². The van der Waals surface area contributed by atoms with Crippen LogP contribution in [-0.2, 0) is 24.3 Å². The van der Waals surface area contributed by atoms with Crippen LogP contribution in [0.4, 0.5) is 0 Å². The highest BCUT2D eigenvalue weighted by Gasteiger charge is 2.31. The number of sulfonamides is 1. The van der Waals surface area contributed by atoms with Gasteiger partial charge in [0.2, 0.25) is 10.0 Å². The monoisotopic (exact) mass is 407 g/mol. The number of hydrogen-bond donors (Lipinski definition) is 2. The summed E-state index contributed by atoms with van der Waals surface area (Å²) >= 11 is 0. The second-order valence-corrected chi connectivity index (χ2v) is 8.62. The van der Waals surface area contributed by atoms with Gasteiger partial charge < -0.3 is 10.1 Å². The van der Waals surface area contributed by atoms with E-state index in [0.29, 0.717) is 0 Å². The Morgan fingerprint density at radius 3 is 2.32 bits per heavy atom. The van der Waals surface area contributed by atoms with Gasteiger partial charge in [-0.2, -0.15) is 9.98 Å². The lowest BCUT2D eigenvalue weighted by atomic mass is 10.0. The summed E-state index contributed by atoms with van der Waals surface area (Å²) in [7, 11) is -3.98. The Bertz CT molecular complexity index is 916. The van der Waals surface area contributed by atoms with Crippen LogP contribution in [0.1, 0.15) is 31.9 Å². The Hall–Kier alpha value is -2.57. The summed E-state index contributed by atoms with van der Waals surface area (Å²) in [6, 6.07) is 5.09. The smallest absolute Gasteiger partial charge is 0.324 e. The predicted octanol–water partition coefficient (Wildman–Crippen LogP) is 1.90. The number of ether oxygens (including phenoxy) is 1. The third kappa shape index (κ3) is 5.97. The number of rotatable bonds is 9. The van der Waals surface area contributed by atoms with Gasteiger partial charge in [-0.25, -0.2) is 8.42 Å². The third-order valence-electron chi connectivity index (χ3n) is 4.23. The number of esters is 1. The highest BCUT2D eigenvalue weighted by molar-refractivity contribution is 7.89. The number of carbonyl (C=O) groups excluding carboxylic acids is 2. The van der Waals surface area contributed by atoms with E-state index >= 15 is 0 Å². The van der Waals surface area contributed by atoms with Gasteiger partial charge in [0.05, 0.1) is 11.0 Å². The molecule has 1 aromatic rings. The predicted molar refractivity (Wildman–Crippen MR) is 103 cm³/mol. The summed E-state index contributed by atoms with van der Waals surface area (Å²) in [5, 5.41) is 16.3. The maximum atomic E-state index is 12.6. The molecule has 0 aliphatic heterocycles. The summed E-state index contributed by atoms with van der Waals surface area (Å²) in [5.41, 5.74) is 1.58. The van der Waals surface area contributed by atoms with Gasteiger partial charge in [-0.1, -0.05) is 19.9 Å². The third-order valence-corrected chi connectivity index (χ3v) is 5.67. The first-order chi connectivity index (χ1) is 12.9. The lowest BCUT2D eigenvalue weighted by molar-refractivity contribution is -0.150. The first-order valence-electron chi connectivity index (χ1n) is 8.64. The number of carbonyl (C=O) groups is 2. The number of aryl methyl sites for hydroxylation is 2. The van der Waals surface area contributed by atoms with Gasteiger partial charge in [0.25, 0.3) is 0 Å². The number of benzene rings is 1. The van der Waals surface area contributed by atoms with Gasteiger partial charge in [-0.15, -0.1) is 0 Å². The molecule has 9 heteroatoms. The summed E-state index contributed by atoms with van der Waals surface area (Å²) in [4.78, 5) is 24.3. The molecule has 0 heterocycles. The highest BCUT2D eigenvalue weighted by Crippen LogP contribution is 2.17. The van der Waals surface area contributed by atoms with Crippen molar-refractivity contribution in [3.63, 3.8) is 0 Å². The zero-order valence-corrected chi connectivity index (χ0v) is 17.4. The van der Waals surface area contributed by atoms with Gasteiger partial charge in [-0.05, 0) is 49.9 Å². The van der Waals surface area contributed by atoms with Crippen molar-refractivity contribution in [2.24, 2.45) is 11.8 Å². The van der Waals surface area contributed by atoms with E-state index in [4.69, 9.17) is 15.4 Å². The largest absolute Gasteiger partial charge is 0.456 e. The van der Waals surface area contributed by atoms with E-state index < -0.39 is 46.3 Å². The van der Waals surface area contributed by atoms with Crippen molar-refractivity contribution in [2.45, 2.75) is 45.6 Å². The number of Topliss-reactive ketones (excluding diaryl/α,β-unsaturated/α-hetero) is 1. The molecule has 8 nitrogen and oxygen atoms in total. The van der Waals surface area contributed by atoms with Gasteiger partial charge in [-0.3, -0.25) is 9.59 Å². The van der Waals surface area contributed by atoms with E-state index in [-0.39, 0.29) is 10.6 Å². The minimum Gasteiger partial charge on any atom is -0.456 e. The molecule has 0 unspecified atom stereocenters. The molecule has 0 aliphatic rings. The van der Waals surface area contributed by atoms with Crippen molar-refractivity contribution in [1.29, 1.82) is 10.7 Å². The normalized spacial score (nSPS) is 13.5. The molecule has 0 spiro atoms. The SMILES string of the molecule is CC(=N)[C@@H](C#N)C(=O)COC(=O)[C@H](NS(=O)(=O)c1ccc(C)c(C)c1)C(C)C. The number of nitrogens with zero attached hydrogens (tertiary/aromatic N) is 1. The molecule has 0 amide bonds. The second-order valence-electron chi connectivity index (χ2n) is 6.91. The van der Waals surface area contributed by atoms with Crippen LogP contribution < -0.4 is 4.72 Å². The second kappa shape index (κ2) is 9.57. The van der Waals surface area contributed by atoms with Gasteiger partial charge in [0, 0.05) is 5.71 Å². The molecule has 0 fully saturated rings. The van der Waals surface area contributed by atoms with Crippen LogP contribution in [0.5, 0.6) is 0 Å². The lowest BCUT2D eigenvalue weighted by Gasteiger charge is -2.21. The number of nitrogens with one attached hydrogen (secondary N) is 2. The molecule has 0 bridgehead atoms. The molecule has 0 radical (unpaired) electrons. The molecular formula is C19H25N3O5S. The number of ketones is 1. The Morgan fingerprint density at radius 2 is 1.86 bits per heavy atom. The van der Waals surface area contributed by atoms with Gasteiger partial charge in [0.1, 0.15) is 12.0 Å². The molecule has 2 N–H and O–H groups in total. The Morgan fingerprint density at radius 1 is 1.25 bits per heavy atom. The van der Waals surface area contributed by atoms with Crippen LogP contribution >= 0.6 is 0 Å². The fourth-order valence-corrected chi connectivity index (χ4v) is 3.72. The standard InChI is InChI=1S/C19H25N3O5S/c1-11(2)18(19(24)27-10-17(23)16(9-20)14(5)21)22-28(25,26)15-7-6-12(3)13(4)8-15/h6-8,11,16,18,21-22H,10H2,1-5H3/t16-,18-/m1/s1. The van der Waals surface area contributed by atoms with Crippen molar-refractivity contribution in [3.05, 3.63) is 29.3 Å². The minimum absolute atomic E-state index is 0.0223. The highest BCUT2D eigenvalue weighted by atomic mass is 32.2. The van der Waals surface area contributed by atoms with E-state index in [1.807, 2.05) is 6.92 Å². The fraction of sp³-hybridized carbons (Fsp3) is 0.474. The molecular weight excluding hydrogens is 382 g/mol. The first kappa shape index (κ1) is 23.5. The van der Waals surface area contributed by atoms with E-state index in [0.717, 1.165) is 11.1 Å². The van der Waals surface area contributed by atoms with Crippen molar-refractivity contribution in [3.8, 4) is 6.07 Å². The molecule has 152 valence electrons. The van der Waals surface area contributed by atoms with E-state index in [2.05, 4.69) is 4.72 Å². The van der Waals surface area contributed by atoms with Gasteiger partial charge >= 0.3 is 5.97 Å². The van der Waals surface area contributed by atoms with E-state index in [9.17, 15) is 18.0 Å². The maximum Gasteiger partial charge on any atom is 0.324 e. The maximum absolute atomic E-state index is 12.6. The molecule has 1 rings (SSSR count). The van der Waals surface area contributed by atoms with Crippen LogP contribution in [0.25, 0.3) is 0 Å². The van der Waals surface area contributed by atoms with Crippen molar-refractivity contribution in [1.82, 2.24) is 4.72 Å². The molecule has 0 saturated carbocycles. The minimum atomic E-state index is -3.98. The van der Waals surface area contributed by atoms with Crippen LogP contribution in [-0.4, -0.2) is 38.5 Å². The van der Waals surface area contributed by atoms with E-state index in [1.54, 1.807) is 32.9 Å². The van der Waals surface area contributed by atoms with Crippen LogP contribution in [0.2, 0.25) is 0 Å². The Labute approximate surface area is 165 Å². The van der Waals surface area contributed by atoms with Crippen molar-refractivity contribution >= 4 is 27.5 Å². The lowest BCUT2D eigenvalue weighted by Crippen LogP contribution is -2.45. The van der Waals surface area contributed by atoms with Crippen LogP contribution in [0, 0.1) is 42.4 Å². The number of hydrogen-bond acceptors (Lipinski definition) is 7. The average molecular weight is 407 g/mol. The molecule has 0 saturated heterocycles. The molecule has 0 aliphatic carbocycles. The summed E-state index contributed by atoms with van der Waals surface area (Å²) in [6.07, 6.45) is 0. The summed E-state index contributed by atoms with van der Waals surface area (Å²) in [6.45, 7) is 7.51. The van der Waals surface area contributed by atoms with Crippen molar-refractivity contribution in [2.75, 3.05) is 6.61 Å². The Balaban J connectivity index is 2.94. The van der Waals surface area contributed by atoms with Crippen molar-refractivity contribution < 1.29 is 22.7 Å². The first-order valence-corrected chi connectivity index (χ1v) is 10.1. The summed E-state index contributed by atoms with van der Waals surface area (Å²) < 4.78 is 32.5. The average Bonchev–Trinajstić information content (AvgIpc) is 2.59. The van der Waals surface area contributed by atoms with E-state index in [1.165, 1.54) is 19.1 Å². The zero-order valence-electron chi connectivity index (χ0n) is 16.6. The Kier molecular flexibility index (Phi) is 8.02. The zero-order chi connectivity index (χ0) is 21.6. The quantitative estimate of drug-likeness (QED) is 0.474. The molecule has 28 heavy (non-hydrogen) atoms. The van der Waals surface area contributed by atoms with Crippen LogP contribution in [0.3, 0.4) is 0 Å². The fourth-order valence-electron chi connectivity index (χ4n) is 2.30. The number of nitriles is 1. The van der Waals surface area contributed by atoms with Crippen LogP contribution in [0.15, 0.2) is 23.1 Å². The summed E-state index contributed by atoms with van der Waals surface area (Å²) in [5.74, 6) is -3.39. The molecule has 2 atom stereocenters.